The Morgan fingerprint density at radius 3 is 2.75 bits per heavy atom. The van der Waals surface area contributed by atoms with E-state index in [1.807, 2.05) is 25.0 Å². The van der Waals surface area contributed by atoms with E-state index in [1.165, 1.54) is 11.1 Å². The monoisotopic (exact) mass is 239 g/mol. The first-order valence-electron chi connectivity index (χ1n) is 5.51. The van der Waals surface area contributed by atoms with Crippen molar-refractivity contribution in [2.45, 2.75) is 18.5 Å². The zero-order valence-electron chi connectivity index (χ0n) is 10.6. The molecule has 0 bridgehead atoms. The van der Waals surface area contributed by atoms with Crippen LogP contribution in [0.2, 0.25) is 0 Å². The second kappa shape index (κ2) is 6.89. The van der Waals surface area contributed by atoms with Gasteiger partial charge in [-0.2, -0.15) is 0 Å². The van der Waals surface area contributed by atoms with Gasteiger partial charge >= 0.3 is 0 Å². The van der Waals surface area contributed by atoms with E-state index < -0.39 is 0 Å². The van der Waals surface area contributed by atoms with Crippen molar-refractivity contribution in [3.05, 3.63) is 23.4 Å². The van der Waals surface area contributed by atoms with Gasteiger partial charge in [0.05, 0.1) is 5.03 Å². The first-order chi connectivity index (χ1) is 7.63. The minimum Gasteiger partial charge on any atom is -0.316 e. The Hall–Kier alpha value is -0.580. The summed E-state index contributed by atoms with van der Waals surface area (Å²) in [5, 5.41) is 4.29. The molecule has 1 aromatic rings. The quantitative estimate of drug-likeness (QED) is 0.766. The van der Waals surface area contributed by atoms with Gasteiger partial charge in [0.25, 0.3) is 0 Å². The fraction of sp³-hybridized carbons (Fsp3) is 0.583. The number of pyridine rings is 1. The number of hydrogen-bond acceptors (Lipinski definition) is 4. The lowest BCUT2D eigenvalue weighted by Crippen LogP contribution is -2.15. The molecule has 0 radical (unpaired) electrons. The number of aromatic nitrogens is 1. The van der Waals surface area contributed by atoms with Crippen molar-refractivity contribution in [3.63, 3.8) is 0 Å². The Balaban J connectivity index is 2.54. The van der Waals surface area contributed by atoms with Gasteiger partial charge in [-0.05, 0) is 39.2 Å². The highest BCUT2D eigenvalue weighted by Crippen LogP contribution is 2.20. The molecule has 0 saturated heterocycles. The lowest BCUT2D eigenvalue weighted by atomic mass is 10.2. The van der Waals surface area contributed by atoms with Crippen molar-refractivity contribution in [2.24, 2.45) is 0 Å². The Morgan fingerprint density at radius 2 is 2.19 bits per heavy atom. The summed E-state index contributed by atoms with van der Waals surface area (Å²) in [5.74, 6) is 1.09. The molecule has 0 aliphatic carbocycles. The van der Waals surface area contributed by atoms with Gasteiger partial charge in [-0.3, -0.25) is 0 Å². The van der Waals surface area contributed by atoms with Crippen LogP contribution in [0.4, 0.5) is 0 Å². The highest BCUT2D eigenvalue weighted by atomic mass is 32.2. The van der Waals surface area contributed by atoms with E-state index in [0.717, 1.165) is 23.9 Å². The van der Waals surface area contributed by atoms with Crippen LogP contribution in [-0.4, -0.2) is 43.3 Å². The number of nitrogens with one attached hydrogen (secondary N) is 1. The number of hydrogen-bond donors (Lipinski definition) is 1. The lowest BCUT2D eigenvalue weighted by Gasteiger charge is -2.10. The van der Waals surface area contributed by atoms with Crippen LogP contribution in [0.25, 0.3) is 0 Å². The summed E-state index contributed by atoms with van der Waals surface area (Å²) in [4.78, 5) is 6.69. The van der Waals surface area contributed by atoms with Gasteiger partial charge in [0.1, 0.15) is 0 Å². The molecular formula is C12H21N3S. The number of nitrogens with zero attached hydrogens (tertiary/aromatic N) is 2. The maximum Gasteiger partial charge on any atom is 0.0989 e. The van der Waals surface area contributed by atoms with Gasteiger partial charge < -0.3 is 10.2 Å². The van der Waals surface area contributed by atoms with Crippen LogP contribution in [0.3, 0.4) is 0 Å². The molecular weight excluding hydrogens is 218 g/mol. The molecule has 4 heteroatoms. The van der Waals surface area contributed by atoms with Crippen molar-refractivity contribution in [2.75, 3.05) is 33.4 Å². The molecule has 0 unspecified atom stereocenters. The van der Waals surface area contributed by atoms with Crippen LogP contribution in [0.5, 0.6) is 0 Å². The van der Waals surface area contributed by atoms with Crippen molar-refractivity contribution in [1.29, 1.82) is 0 Å². The van der Waals surface area contributed by atoms with E-state index >= 15 is 0 Å². The number of rotatable bonds is 6. The minimum atomic E-state index is 0.885. The molecule has 0 aliphatic heterocycles. The third kappa shape index (κ3) is 4.51. The largest absolute Gasteiger partial charge is 0.316 e. The zero-order valence-corrected chi connectivity index (χ0v) is 11.4. The van der Waals surface area contributed by atoms with Gasteiger partial charge in [-0.15, -0.1) is 11.8 Å². The Labute approximate surface area is 103 Å². The first-order valence-corrected chi connectivity index (χ1v) is 6.49. The molecule has 0 aliphatic rings. The Bertz CT molecular complexity index is 326. The van der Waals surface area contributed by atoms with Gasteiger partial charge in [-0.1, -0.05) is 6.07 Å². The highest BCUT2D eigenvalue weighted by molar-refractivity contribution is 7.99. The Kier molecular flexibility index (Phi) is 5.80. The molecule has 1 heterocycles. The molecule has 0 fully saturated rings. The molecule has 1 aromatic heterocycles. The third-order valence-corrected chi connectivity index (χ3v) is 3.33. The van der Waals surface area contributed by atoms with Crippen LogP contribution in [0.1, 0.15) is 11.1 Å². The molecule has 0 saturated carbocycles. The van der Waals surface area contributed by atoms with Gasteiger partial charge in [0, 0.05) is 25.0 Å². The predicted octanol–water partition coefficient (Wildman–Crippen LogP) is 1.76. The van der Waals surface area contributed by atoms with Crippen molar-refractivity contribution >= 4 is 11.8 Å². The summed E-state index contributed by atoms with van der Waals surface area (Å²) in [6, 6.07) is 2.21. The lowest BCUT2D eigenvalue weighted by molar-refractivity contribution is 0.437. The second-order valence-corrected chi connectivity index (χ2v) is 5.23. The summed E-state index contributed by atoms with van der Waals surface area (Å²) in [6.45, 7) is 4.10. The first kappa shape index (κ1) is 13.5. The standard InChI is InChI=1S/C12H21N3S/c1-10-7-11(8-13-2)9-14-12(10)16-6-5-15(3)4/h7,9,13H,5-6,8H2,1-4H3. The highest BCUT2D eigenvalue weighted by Gasteiger charge is 2.02. The van der Waals surface area contributed by atoms with Crippen LogP contribution >= 0.6 is 11.8 Å². The van der Waals surface area contributed by atoms with Crippen LogP contribution in [0.15, 0.2) is 17.3 Å². The van der Waals surface area contributed by atoms with E-state index in [1.54, 1.807) is 0 Å². The maximum absolute atomic E-state index is 4.50. The number of aryl methyl sites for hydroxylation is 1. The van der Waals surface area contributed by atoms with Crippen LogP contribution < -0.4 is 5.32 Å². The topological polar surface area (TPSA) is 28.2 Å². The fourth-order valence-corrected chi connectivity index (χ4v) is 2.46. The molecule has 1 N–H and O–H groups in total. The molecule has 0 atom stereocenters. The smallest absolute Gasteiger partial charge is 0.0989 e. The van der Waals surface area contributed by atoms with Crippen LogP contribution in [-0.2, 0) is 6.54 Å². The van der Waals surface area contributed by atoms with Gasteiger partial charge in [0.15, 0.2) is 0 Å². The van der Waals surface area contributed by atoms with E-state index in [-0.39, 0.29) is 0 Å². The molecule has 1 rings (SSSR count). The normalized spacial score (nSPS) is 11.1. The SMILES string of the molecule is CNCc1cnc(SCCN(C)C)c(C)c1. The van der Waals surface area contributed by atoms with Crippen molar-refractivity contribution < 1.29 is 0 Å². The molecule has 90 valence electrons. The van der Waals surface area contributed by atoms with Gasteiger partial charge in [-0.25, -0.2) is 4.98 Å². The number of thioether (sulfide) groups is 1. The zero-order chi connectivity index (χ0) is 12.0. The van der Waals surface area contributed by atoms with E-state index in [4.69, 9.17) is 0 Å². The third-order valence-electron chi connectivity index (χ3n) is 2.25. The summed E-state index contributed by atoms with van der Waals surface area (Å²) in [6.07, 6.45) is 1.96. The second-order valence-electron chi connectivity index (χ2n) is 4.15. The summed E-state index contributed by atoms with van der Waals surface area (Å²) in [5.41, 5.74) is 2.52. The van der Waals surface area contributed by atoms with Crippen LogP contribution in [0, 0.1) is 6.92 Å². The van der Waals surface area contributed by atoms with Gasteiger partial charge in [0.2, 0.25) is 0 Å². The summed E-state index contributed by atoms with van der Waals surface area (Å²) < 4.78 is 0. The van der Waals surface area contributed by atoms with Crippen molar-refractivity contribution in [1.82, 2.24) is 15.2 Å². The molecule has 3 nitrogen and oxygen atoms in total. The predicted molar refractivity (Wildman–Crippen MR) is 71.0 cm³/mol. The Morgan fingerprint density at radius 1 is 1.44 bits per heavy atom. The fourth-order valence-electron chi connectivity index (χ4n) is 1.40. The average Bonchev–Trinajstić information content (AvgIpc) is 2.21. The average molecular weight is 239 g/mol. The summed E-state index contributed by atoms with van der Waals surface area (Å²) >= 11 is 1.83. The molecule has 0 spiro atoms. The molecule has 0 aromatic carbocycles. The maximum atomic E-state index is 4.50. The van der Waals surface area contributed by atoms with E-state index in [2.05, 4.69) is 42.3 Å². The summed E-state index contributed by atoms with van der Waals surface area (Å²) in [7, 11) is 6.14. The van der Waals surface area contributed by atoms with E-state index in [9.17, 15) is 0 Å². The van der Waals surface area contributed by atoms with E-state index in [0.29, 0.717) is 0 Å². The molecule has 16 heavy (non-hydrogen) atoms. The molecule has 0 amide bonds. The minimum absolute atomic E-state index is 0.885. The van der Waals surface area contributed by atoms with Crippen molar-refractivity contribution in [3.8, 4) is 0 Å².